The van der Waals surface area contributed by atoms with Gasteiger partial charge in [0.2, 0.25) is 5.91 Å². The summed E-state index contributed by atoms with van der Waals surface area (Å²) < 4.78 is 1.14. The van der Waals surface area contributed by atoms with E-state index in [1.807, 2.05) is 0 Å². The van der Waals surface area contributed by atoms with Crippen LogP contribution in [0.15, 0.2) is 58.1 Å². The van der Waals surface area contributed by atoms with Crippen molar-refractivity contribution in [1.29, 1.82) is 0 Å². The quantitative estimate of drug-likeness (QED) is 0.297. The predicted octanol–water partition coefficient (Wildman–Crippen LogP) is 1.22. The van der Waals surface area contributed by atoms with Gasteiger partial charge in [-0.2, -0.15) is 0 Å². The number of aryl methyl sites for hydroxylation is 1. The topological polar surface area (TPSA) is 139 Å². The lowest BCUT2D eigenvalue weighted by atomic mass is 10.2. The highest BCUT2D eigenvalue weighted by Crippen LogP contribution is 2.14. The molecule has 0 fully saturated rings. The van der Waals surface area contributed by atoms with Crippen LogP contribution in [-0.2, 0) is 11.3 Å². The van der Waals surface area contributed by atoms with E-state index in [0.29, 0.717) is 29.5 Å². The SMILES string of the molecule is O=C(CCn1[nH]c(=O)c2ccccc2c1=O)NCCNc1ccc([N+](=O)[O-])cc1. The maximum Gasteiger partial charge on any atom is 0.273 e. The third-order valence-corrected chi connectivity index (χ3v) is 4.30. The number of fused-ring (bicyclic) bond motifs is 1. The zero-order chi connectivity index (χ0) is 20.8. The van der Waals surface area contributed by atoms with Crippen molar-refractivity contribution in [2.45, 2.75) is 13.0 Å². The Morgan fingerprint density at radius 2 is 1.72 bits per heavy atom. The van der Waals surface area contributed by atoms with Gasteiger partial charge in [-0.25, -0.2) is 4.68 Å². The molecule has 0 unspecified atom stereocenters. The summed E-state index contributed by atoms with van der Waals surface area (Å²) in [4.78, 5) is 46.5. The molecule has 3 N–H and O–H groups in total. The molecule has 1 aromatic heterocycles. The highest BCUT2D eigenvalue weighted by molar-refractivity contribution is 5.80. The fourth-order valence-corrected chi connectivity index (χ4v) is 2.82. The van der Waals surface area contributed by atoms with Crippen molar-refractivity contribution < 1.29 is 9.72 Å². The molecule has 0 bridgehead atoms. The van der Waals surface area contributed by atoms with Crippen LogP contribution in [0, 0.1) is 10.1 Å². The van der Waals surface area contributed by atoms with Crippen molar-refractivity contribution in [3.63, 3.8) is 0 Å². The zero-order valence-electron chi connectivity index (χ0n) is 15.4. The summed E-state index contributed by atoms with van der Waals surface area (Å²) in [7, 11) is 0. The van der Waals surface area contributed by atoms with E-state index in [0.717, 1.165) is 4.68 Å². The van der Waals surface area contributed by atoms with Crippen LogP contribution in [0.5, 0.6) is 0 Å². The summed E-state index contributed by atoms with van der Waals surface area (Å²) in [6.45, 7) is 0.815. The zero-order valence-corrected chi connectivity index (χ0v) is 15.4. The number of carbonyl (C=O) groups excluding carboxylic acids is 1. The maximum absolute atomic E-state index is 12.4. The van der Waals surface area contributed by atoms with Gasteiger partial charge in [0, 0.05) is 37.3 Å². The predicted molar refractivity (Wildman–Crippen MR) is 108 cm³/mol. The van der Waals surface area contributed by atoms with Gasteiger partial charge in [0.15, 0.2) is 0 Å². The molecule has 10 nitrogen and oxygen atoms in total. The molecule has 0 atom stereocenters. The first kappa shape index (κ1) is 19.8. The van der Waals surface area contributed by atoms with Crippen molar-refractivity contribution in [2.24, 2.45) is 0 Å². The Balaban J connectivity index is 1.47. The Morgan fingerprint density at radius 3 is 2.41 bits per heavy atom. The summed E-state index contributed by atoms with van der Waals surface area (Å²) >= 11 is 0. The van der Waals surface area contributed by atoms with Crippen LogP contribution in [0.1, 0.15) is 6.42 Å². The van der Waals surface area contributed by atoms with Crippen LogP contribution in [0.3, 0.4) is 0 Å². The lowest BCUT2D eigenvalue weighted by molar-refractivity contribution is -0.384. The number of hydrogen-bond acceptors (Lipinski definition) is 6. The number of benzene rings is 2. The highest BCUT2D eigenvalue weighted by atomic mass is 16.6. The molecule has 1 heterocycles. The number of amides is 1. The van der Waals surface area contributed by atoms with Crippen LogP contribution in [0.4, 0.5) is 11.4 Å². The Kier molecular flexibility index (Phi) is 6.03. The van der Waals surface area contributed by atoms with Crippen molar-refractivity contribution in [3.05, 3.63) is 79.4 Å². The lowest BCUT2D eigenvalue weighted by Gasteiger charge is -2.09. The minimum Gasteiger partial charge on any atom is -0.383 e. The molecule has 0 saturated carbocycles. The first-order valence-corrected chi connectivity index (χ1v) is 8.92. The number of carbonyl (C=O) groups is 1. The summed E-state index contributed by atoms with van der Waals surface area (Å²) in [6.07, 6.45) is 0.0335. The summed E-state index contributed by atoms with van der Waals surface area (Å²) in [5.74, 6) is -0.267. The molecule has 29 heavy (non-hydrogen) atoms. The van der Waals surface area contributed by atoms with Gasteiger partial charge < -0.3 is 10.6 Å². The van der Waals surface area contributed by atoms with E-state index < -0.39 is 4.92 Å². The number of nitrogens with zero attached hydrogens (tertiary/aromatic N) is 2. The normalized spacial score (nSPS) is 10.6. The molecule has 0 saturated heterocycles. The van der Waals surface area contributed by atoms with Gasteiger partial charge in [-0.1, -0.05) is 12.1 Å². The maximum atomic E-state index is 12.4. The van der Waals surface area contributed by atoms with Crippen molar-refractivity contribution in [2.75, 3.05) is 18.4 Å². The number of nitrogens with one attached hydrogen (secondary N) is 3. The Morgan fingerprint density at radius 1 is 1.03 bits per heavy atom. The van der Waals surface area contributed by atoms with Crippen molar-refractivity contribution in [3.8, 4) is 0 Å². The molecule has 1 amide bonds. The number of aromatic nitrogens is 2. The number of nitro benzene ring substituents is 1. The number of rotatable bonds is 8. The minimum absolute atomic E-state index is 0.00540. The molecule has 0 radical (unpaired) electrons. The third kappa shape index (κ3) is 4.86. The Labute approximate surface area is 164 Å². The summed E-state index contributed by atoms with van der Waals surface area (Å²) in [6, 6.07) is 12.5. The second-order valence-electron chi connectivity index (χ2n) is 6.27. The summed E-state index contributed by atoms with van der Waals surface area (Å²) in [5.41, 5.74) is -0.0308. The molecular formula is C19H19N5O5. The van der Waals surface area contributed by atoms with E-state index in [9.17, 15) is 24.5 Å². The van der Waals surface area contributed by atoms with Crippen molar-refractivity contribution in [1.82, 2.24) is 15.1 Å². The van der Waals surface area contributed by atoms with Gasteiger partial charge in [-0.05, 0) is 24.3 Å². The fraction of sp³-hybridized carbons (Fsp3) is 0.211. The van der Waals surface area contributed by atoms with Gasteiger partial charge in [-0.15, -0.1) is 0 Å². The fourth-order valence-electron chi connectivity index (χ4n) is 2.82. The first-order valence-electron chi connectivity index (χ1n) is 8.92. The average Bonchev–Trinajstić information content (AvgIpc) is 2.73. The van der Waals surface area contributed by atoms with E-state index in [1.165, 1.54) is 12.1 Å². The molecule has 0 aliphatic rings. The Hall–Kier alpha value is -3.95. The molecule has 3 aromatic rings. The monoisotopic (exact) mass is 397 g/mol. The minimum atomic E-state index is -0.474. The van der Waals surface area contributed by atoms with Crippen LogP contribution in [0.25, 0.3) is 10.8 Å². The third-order valence-electron chi connectivity index (χ3n) is 4.30. The molecule has 3 rings (SSSR count). The van der Waals surface area contributed by atoms with Gasteiger partial charge >= 0.3 is 0 Å². The molecule has 0 aliphatic carbocycles. The van der Waals surface area contributed by atoms with Gasteiger partial charge in [-0.3, -0.25) is 29.6 Å². The first-order chi connectivity index (χ1) is 14.0. The molecule has 2 aromatic carbocycles. The number of nitro groups is 1. The van der Waals surface area contributed by atoms with Crippen LogP contribution >= 0.6 is 0 Å². The van der Waals surface area contributed by atoms with E-state index in [-0.39, 0.29) is 35.7 Å². The standard InChI is InChI=1S/C19H19N5O5/c25-17(21-11-10-20-13-5-7-14(8-6-13)24(28)29)9-12-23-19(27)16-4-2-1-3-15(16)18(26)22-23/h1-8,20H,9-12H2,(H,21,25)(H,22,26). The van der Waals surface area contributed by atoms with Gasteiger partial charge in [0.05, 0.1) is 22.2 Å². The number of hydrogen-bond donors (Lipinski definition) is 3. The second kappa shape index (κ2) is 8.83. The second-order valence-corrected chi connectivity index (χ2v) is 6.27. The average molecular weight is 397 g/mol. The number of non-ortho nitro benzene ring substituents is 1. The number of H-pyrrole nitrogens is 1. The van der Waals surface area contributed by atoms with Crippen molar-refractivity contribution >= 4 is 28.1 Å². The molecule has 0 aliphatic heterocycles. The Bertz CT molecular complexity index is 1150. The van der Waals surface area contributed by atoms with E-state index in [4.69, 9.17) is 0 Å². The summed E-state index contributed by atoms with van der Waals surface area (Å²) in [5, 5.41) is 19.5. The molecular weight excluding hydrogens is 378 g/mol. The lowest BCUT2D eigenvalue weighted by Crippen LogP contribution is -2.33. The largest absolute Gasteiger partial charge is 0.383 e. The molecule has 150 valence electrons. The molecule has 0 spiro atoms. The van der Waals surface area contributed by atoms with E-state index in [1.54, 1.807) is 36.4 Å². The molecule has 10 heteroatoms. The smallest absolute Gasteiger partial charge is 0.273 e. The van der Waals surface area contributed by atoms with Crippen LogP contribution in [0.2, 0.25) is 0 Å². The van der Waals surface area contributed by atoms with E-state index in [2.05, 4.69) is 15.7 Å². The highest BCUT2D eigenvalue weighted by Gasteiger charge is 2.08. The van der Waals surface area contributed by atoms with Gasteiger partial charge in [0.25, 0.3) is 16.8 Å². The van der Waals surface area contributed by atoms with Gasteiger partial charge in [0.1, 0.15) is 0 Å². The number of aromatic amines is 1. The van der Waals surface area contributed by atoms with Crippen LogP contribution in [-0.4, -0.2) is 33.7 Å². The van der Waals surface area contributed by atoms with Crippen LogP contribution < -0.4 is 21.8 Å². The van der Waals surface area contributed by atoms with E-state index >= 15 is 0 Å². The number of anilines is 1.